The predicted molar refractivity (Wildman–Crippen MR) is 199 cm³/mol. The van der Waals surface area contributed by atoms with Crippen LogP contribution in [-0.2, 0) is 0 Å². The molecule has 5 aromatic rings. The first-order valence-electron chi connectivity index (χ1n) is 16.3. The Labute approximate surface area is 270 Å². The van der Waals surface area contributed by atoms with Gasteiger partial charge in [-0.2, -0.15) is 0 Å². The fraction of sp³-hybridized carbons (Fsp3) is 0.116. The fourth-order valence-electron chi connectivity index (χ4n) is 8.24. The van der Waals surface area contributed by atoms with Crippen molar-refractivity contribution in [2.75, 3.05) is 0 Å². The lowest BCUT2D eigenvalue weighted by molar-refractivity contribution is 0.704. The summed E-state index contributed by atoms with van der Waals surface area (Å²) in [6, 6.07) is 56.9. The minimum atomic E-state index is -2.56. The monoisotopic (exact) mass is 612 g/mol. The van der Waals surface area contributed by atoms with Gasteiger partial charge in [0.25, 0.3) is 0 Å². The third kappa shape index (κ3) is 5.08. The molecular weight excluding hydrogens is 573 g/mol. The minimum Gasteiger partial charge on any atom is -0.0839 e. The second-order valence-corrected chi connectivity index (χ2v) is 20.6. The van der Waals surface area contributed by atoms with E-state index in [4.69, 9.17) is 0 Å². The lowest BCUT2D eigenvalue weighted by Gasteiger charge is -2.47. The van der Waals surface area contributed by atoms with Crippen molar-refractivity contribution in [3.8, 4) is 0 Å². The van der Waals surface area contributed by atoms with E-state index in [1.54, 1.807) is 0 Å². The molecule has 0 amide bonds. The molecule has 0 bridgehead atoms. The summed E-state index contributed by atoms with van der Waals surface area (Å²) in [7, 11) is -4.95. The van der Waals surface area contributed by atoms with Gasteiger partial charge in [-0.1, -0.05) is 211 Å². The maximum absolute atomic E-state index is 2.64. The van der Waals surface area contributed by atoms with Crippen molar-refractivity contribution in [2.45, 2.75) is 24.4 Å². The Morgan fingerprint density at radius 2 is 0.867 bits per heavy atom. The van der Waals surface area contributed by atoms with Crippen molar-refractivity contribution in [3.05, 3.63) is 199 Å². The van der Waals surface area contributed by atoms with Gasteiger partial charge in [-0.15, -0.1) is 0 Å². The predicted octanol–water partition coefficient (Wildman–Crippen LogP) is 7.35. The summed E-state index contributed by atoms with van der Waals surface area (Å²) in [5.74, 6) is 0.465. The summed E-state index contributed by atoms with van der Waals surface area (Å²) in [5, 5.41) is 8.83. The second kappa shape index (κ2) is 12.8. The van der Waals surface area contributed by atoms with Gasteiger partial charge in [0.05, 0.1) is 0 Å². The Balaban J connectivity index is 1.44. The van der Waals surface area contributed by atoms with Gasteiger partial charge < -0.3 is 0 Å². The van der Waals surface area contributed by atoms with E-state index < -0.39 is 16.1 Å². The molecule has 0 saturated heterocycles. The first-order valence-corrected chi connectivity index (χ1v) is 20.4. The van der Waals surface area contributed by atoms with Crippen LogP contribution in [0.2, 0.25) is 11.1 Å². The van der Waals surface area contributed by atoms with Crippen molar-refractivity contribution < 1.29 is 0 Å². The summed E-state index contributed by atoms with van der Waals surface area (Å²) in [4.78, 5) is 0. The van der Waals surface area contributed by atoms with Crippen LogP contribution in [0.25, 0.3) is 0 Å². The van der Waals surface area contributed by atoms with Crippen LogP contribution in [0.15, 0.2) is 199 Å². The van der Waals surface area contributed by atoms with E-state index in [2.05, 4.69) is 201 Å². The highest BCUT2D eigenvalue weighted by Crippen LogP contribution is 2.45. The lowest BCUT2D eigenvalue weighted by atomic mass is 10.0. The van der Waals surface area contributed by atoms with Crippen LogP contribution >= 0.6 is 0 Å². The van der Waals surface area contributed by atoms with Gasteiger partial charge in [0.2, 0.25) is 0 Å². The molecule has 7 rings (SSSR count). The summed E-state index contributed by atoms with van der Waals surface area (Å²) in [5.41, 5.74) is 0.875. The maximum atomic E-state index is 2.64. The van der Waals surface area contributed by atoms with Crippen LogP contribution in [0.5, 0.6) is 0 Å². The summed E-state index contributed by atoms with van der Waals surface area (Å²) in [6.45, 7) is 2.42. The molecule has 3 atom stereocenters. The third-order valence-corrected chi connectivity index (χ3v) is 21.0. The largest absolute Gasteiger partial charge is 0.179 e. The topological polar surface area (TPSA) is 0 Å². The Morgan fingerprint density at radius 3 is 1.24 bits per heavy atom. The van der Waals surface area contributed by atoms with Gasteiger partial charge in [-0.05, 0) is 44.2 Å². The maximum Gasteiger partial charge on any atom is 0.179 e. The molecule has 220 valence electrons. The number of benzene rings is 5. The lowest BCUT2D eigenvalue weighted by Crippen LogP contribution is -2.69. The highest BCUT2D eigenvalue weighted by Gasteiger charge is 2.51. The van der Waals surface area contributed by atoms with Crippen LogP contribution in [0.4, 0.5) is 0 Å². The molecule has 3 unspecified atom stereocenters. The van der Waals surface area contributed by atoms with E-state index in [0.29, 0.717) is 17.0 Å². The molecule has 0 spiro atoms. The van der Waals surface area contributed by atoms with Gasteiger partial charge in [-0.3, -0.25) is 0 Å². The van der Waals surface area contributed by atoms with Crippen molar-refractivity contribution >= 4 is 42.1 Å². The van der Waals surface area contributed by atoms with Gasteiger partial charge in [-0.25, -0.2) is 0 Å². The molecule has 0 fully saturated rings. The molecule has 2 aliphatic rings. The van der Waals surface area contributed by atoms with E-state index in [0.717, 1.165) is 6.42 Å². The smallest absolute Gasteiger partial charge is 0.0839 e. The first kappa shape index (κ1) is 29.2. The number of hydrogen-bond acceptors (Lipinski definition) is 0. The standard InChI is InChI=1S/C43H40Si2/c1-35-19-17-18-30-43(35)45(39-26-13-5-14-27-39,40-28-15-6-16-29-40)42-33-31-41(32-34-42)44(36-20-7-2-8-21-36,37-22-9-3-10-23-37)38-24-11-4-12-25-38/h2-33,35,42-43H,34H2,1H3. The second-order valence-electron chi connectivity index (χ2n) is 12.5. The molecule has 0 saturated carbocycles. The quantitative estimate of drug-likeness (QED) is 0.127. The average Bonchev–Trinajstić information content (AvgIpc) is 3.13. The average molecular weight is 613 g/mol. The van der Waals surface area contributed by atoms with Crippen molar-refractivity contribution in [1.29, 1.82) is 0 Å². The fourth-order valence-corrected chi connectivity index (χ4v) is 19.3. The SMILES string of the molecule is CC1C=CC=CC1[Si](c1ccccc1)(c1ccccc1)C1C=CC([Si](c2ccccc2)(c2ccccc2)c2ccccc2)=CC1. The van der Waals surface area contributed by atoms with E-state index in [-0.39, 0.29) is 0 Å². The van der Waals surface area contributed by atoms with Gasteiger partial charge in [0.1, 0.15) is 8.07 Å². The third-order valence-electron chi connectivity index (χ3n) is 10.2. The zero-order valence-electron chi connectivity index (χ0n) is 25.9. The molecular formula is C43H40Si2. The highest BCUT2D eigenvalue weighted by atomic mass is 28.3. The molecule has 0 N–H and O–H groups in total. The minimum absolute atomic E-state index is 0.420. The van der Waals surface area contributed by atoms with Crippen LogP contribution in [0, 0.1) is 5.92 Å². The summed E-state index contributed by atoms with van der Waals surface area (Å²) in [6.07, 6.45) is 18.3. The Morgan fingerprint density at radius 1 is 0.467 bits per heavy atom. The van der Waals surface area contributed by atoms with E-state index in [1.807, 2.05) is 0 Å². The molecule has 2 heteroatoms. The number of allylic oxidation sites excluding steroid dienone is 8. The zero-order valence-corrected chi connectivity index (χ0v) is 27.9. The van der Waals surface area contributed by atoms with Crippen molar-refractivity contribution in [1.82, 2.24) is 0 Å². The molecule has 0 heterocycles. The van der Waals surface area contributed by atoms with Crippen LogP contribution in [0.3, 0.4) is 0 Å². The van der Waals surface area contributed by atoms with E-state index in [9.17, 15) is 0 Å². The van der Waals surface area contributed by atoms with Crippen molar-refractivity contribution in [3.63, 3.8) is 0 Å². The molecule has 0 aromatic heterocycles. The highest BCUT2D eigenvalue weighted by molar-refractivity contribution is 7.16. The molecule has 45 heavy (non-hydrogen) atoms. The zero-order chi connectivity index (χ0) is 30.5. The number of rotatable bonds is 8. The van der Waals surface area contributed by atoms with Gasteiger partial charge in [0, 0.05) is 0 Å². The Hall–Kier alpha value is -4.51. The molecule has 5 aromatic carbocycles. The Bertz CT molecular complexity index is 1690. The normalized spacial score (nSPS) is 19.7. The van der Waals surface area contributed by atoms with Crippen LogP contribution < -0.4 is 25.9 Å². The molecule has 0 radical (unpaired) electrons. The summed E-state index contributed by atoms with van der Waals surface area (Å²) >= 11 is 0. The van der Waals surface area contributed by atoms with E-state index >= 15 is 0 Å². The van der Waals surface area contributed by atoms with E-state index in [1.165, 1.54) is 31.1 Å². The number of hydrogen-bond donors (Lipinski definition) is 0. The molecule has 0 nitrogen and oxygen atoms in total. The van der Waals surface area contributed by atoms with Crippen molar-refractivity contribution in [2.24, 2.45) is 5.92 Å². The molecule has 0 aliphatic heterocycles. The molecule has 2 aliphatic carbocycles. The van der Waals surface area contributed by atoms with Crippen LogP contribution in [0.1, 0.15) is 13.3 Å². The summed E-state index contributed by atoms with van der Waals surface area (Å²) < 4.78 is 0. The van der Waals surface area contributed by atoms with Crippen LogP contribution in [-0.4, -0.2) is 16.1 Å². The Kier molecular flexibility index (Phi) is 8.34. The first-order chi connectivity index (χ1) is 22.3. The van der Waals surface area contributed by atoms with Gasteiger partial charge in [0.15, 0.2) is 8.07 Å². The van der Waals surface area contributed by atoms with Gasteiger partial charge >= 0.3 is 0 Å².